The van der Waals surface area contributed by atoms with Crippen LogP contribution in [0, 0.1) is 0 Å². The van der Waals surface area contributed by atoms with Crippen molar-refractivity contribution in [3.63, 3.8) is 0 Å². The fourth-order valence-corrected chi connectivity index (χ4v) is 10.6. The van der Waals surface area contributed by atoms with Crippen LogP contribution in [0.25, 0.3) is 5.65 Å². The number of benzene rings is 2. The van der Waals surface area contributed by atoms with Crippen LogP contribution in [0.15, 0.2) is 55.0 Å². The Morgan fingerprint density at radius 1 is 0.750 bits per heavy atom. The first kappa shape index (κ1) is 37.2. The van der Waals surface area contributed by atoms with Gasteiger partial charge in [0.25, 0.3) is 17.7 Å². The Labute approximate surface area is 347 Å². The van der Waals surface area contributed by atoms with Crippen LogP contribution in [0.1, 0.15) is 87.1 Å². The zero-order chi connectivity index (χ0) is 40.6. The van der Waals surface area contributed by atoms with Crippen LogP contribution < -0.4 is 20.4 Å². The topological polar surface area (TPSA) is 159 Å². The number of nitrogens with one attached hydrogen (secondary N) is 2. The number of carbonyl (C=O) groups is 5. The maximum absolute atomic E-state index is 14.2. The van der Waals surface area contributed by atoms with E-state index in [2.05, 4.69) is 51.3 Å². The van der Waals surface area contributed by atoms with E-state index in [1.54, 1.807) is 34.1 Å². The van der Waals surface area contributed by atoms with Crippen LogP contribution >= 0.6 is 0 Å². The zero-order valence-electron chi connectivity index (χ0n) is 33.6. The van der Waals surface area contributed by atoms with Gasteiger partial charge < -0.3 is 29.8 Å². The van der Waals surface area contributed by atoms with Crippen molar-refractivity contribution in [1.82, 2.24) is 39.5 Å². The Hall–Kier alpha value is -5.87. The monoisotopic (exact) mass is 811 g/mol. The van der Waals surface area contributed by atoms with Gasteiger partial charge in [-0.3, -0.25) is 34.2 Å². The van der Waals surface area contributed by atoms with Crippen LogP contribution in [-0.4, -0.2) is 140 Å². The van der Waals surface area contributed by atoms with Crippen molar-refractivity contribution in [3.8, 4) is 0 Å². The number of piperidine rings is 3. The first-order chi connectivity index (χ1) is 29.3. The molecule has 310 valence electrons. The molecular weight excluding hydrogens is 763 g/mol. The molecule has 0 saturated carbocycles. The molecule has 16 nitrogen and oxygen atoms in total. The lowest BCUT2D eigenvalue weighted by Crippen LogP contribution is -2.62. The number of rotatable bonds is 8. The van der Waals surface area contributed by atoms with Gasteiger partial charge in [0.15, 0.2) is 5.65 Å². The number of hydrogen-bond donors (Lipinski definition) is 2. The van der Waals surface area contributed by atoms with Gasteiger partial charge in [0.2, 0.25) is 11.8 Å². The lowest BCUT2D eigenvalue weighted by atomic mass is 9.97. The van der Waals surface area contributed by atoms with Gasteiger partial charge in [0, 0.05) is 106 Å². The molecule has 0 aliphatic carbocycles. The summed E-state index contributed by atoms with van der Waals surface area (Å²) in [5, 5.41) is 9.91. The molecule has 5 fully saturated rings. The summed E-state index contributed by atoms with van der Waals surface area (Å²) < 4.78 is 1.60. The van der Waals surface area contributed by atoms with Crippen molar-refractivity contribution < 1.29 is 24.0 Å². The molecule has 2 aromatic carbocycles. The summed E-state index contributed by atoms with van der Waals surface area (Å²) in [7, 11) is 0. The minimum absolute atomic E-state index is 0.0750. The molecule has 0 radical (unpaired) electrons. The maximum atomic E-state index is 14.2. The first-order valence-electron chi connectivity index (χ1n) is 21.6. The third-order valence-corrected chi connectivity index (χ3v) is 14.2. The van der Waals surface area contributed by atoms with Gasteiger partial charge in [-0.15, -0.1) is 0 Å². The number of nitrogens with zero attached hydrogens (tertiary/aromatic N) is 9. The number of carbonyl (C=O) groups excluding carboxylic acids is 5. The van der Waals surface area contributed by atoms with Gasteiger partial charge in [0.1, 0.15) is 11.6 Å². The largest absolute Gasteiger partial charge is 0.370 e. The molecule has 5 saturated heterocycles. The van der Waals surface area contributed by atoms with Crippen molar-refractivity contribution in [3.05, 3.63) is 82.8 Å². The SMILES string of the molecule is O=C1CCC(N2Cc3cc(N4CC(N5CCC(N6Cc7cc(NC(=O)c8cnn9cccnc89)c(N8CCC(N9CCC9)CC8)cc7C6=O)CC5)C4)ccc3C2=O)C(=O)N1. The Kier molecular flexibility index (Phi) is 9.10. The van der Waals surface area contributed by atoms with Crippen LogP contribution in [0.5, 0.6) is 0 Å². The quantitative estimate of drug-likeness (QED) is 0.252. The minimum atomic E-state index is -0.620. The number of aromatic nitrogens is 3. The predicted molar refractivity (Wildman–Crippen MR) is 222 cm³/mol. The smallest absolute Gasteiger partial charge is 0.261 e. The highest BCUT2D eigenvalue weighted by molar-refractivity contribution is 6.10. The van der Waals surface area contributed by atoms with E-state index < -0.39 is 11.9 Å². The number of anilines is 3. The average molecular weight is 812 g/mol. The molecule has 11 rings (SSSR count). The van der Waals surface area contributed by atoms with Gasteiger partial charge >= 0.3 is 0 Å². The van der Waals surface area contributed by atoms with Crippen LogP contribution in [0.4, 0.5) is 17.1 Å². The molecule has 4 aromatic rings. The first-order valence-corrected chi connectivity index (χ1v) is 21.6. The molecule has 16 heteroatoms. The Morgan fingerprint density at radius 2 is 1.48 bits per heavy atom. The fourth-order valence-electron chi connectivity index (χ4n) is 10.6. The van der Waals surface area contributed by atoms with E-state index in [0.717, 1.165) is 98.7 Å². The lowest BCUT2D eigenvalue weighted by Gasteiger charge is -2.49. The number of likely N-dealkylation sites (tertiary alicyclic amines) is 2. The molecule has 2 N–H and O–H groups in total. The normalized spacial score (nSPS) is 23.2. The Morgan fingerprint density at radius 3 is 2.25 bits per heavy atom. The maximum Gasteiger partial charge on any atom is 0.261 e. The van der Waals surface area contributed by atoms with E-state index in [4.69, 9.17) is 0 Å². The number of fused-ring (bicyclic) bond motifs is 3. The van der Waals surface area contributed by atoms with Gasteiger partial charge in [-0.1, -0.05) is 0 Å². The third kappa shape index (κ3) is 6.38. The molecular formula is C44H49N11O5. The summed E-state index contributed by atoms with van der Waals surface area (Å²) in [4.78, 5) is 83.2. The molecule has 0 bridgehead atoms. The Bertz CT molecular complexity index is 2430. The number of amides is 5. The third-order valence-electron chi connectivity index (χ3n) is 14.2. The zero-order valence-corrected chi connectivity index (χ0v) is 33.6. The van der Waals surface area contributed by atoms with Crippen molar-refractivity contribution in [1.29, 1.82) is 0 Å². The van der Waals surface area contributed by atoms with Gasteiger partial charge in [0.05, 0.1) is 17.6 Å². The Balaban J connectivity index is 0.737. The predicted octanol–water partition coefficient (Wildman–Crippen LogP) is 2.73. The fraction of sp³-hybridized carbons (Fsp3) is 0.477. The summed E-state index contributed by atoms with van der Waals surface area (Å²) in [6, 6.07) is 12.3. The molecule has 60 heavy (non-hydrogen) atoms. The second kappa shape index (κ2) is 14.7. The van der Waals surface area contributed by atoms with Crippen LogP contribution in [0.2, 0.25) is 0 Å². The summed E-state index contributed by atoms with van der Waals surface area (Å²) in [5.74, 6) is -1.04. The van der Waals surface area contributed by atoms with Crippen molar-refractivity contribution >= 4 is 52.2 Å². The average Bonchev–Trinajstić information content (AvgIpc) is 3.90. The van der Waals surface area contributed by atoms with E-state index >= 15 is 0 Å². The highest BCUT2D eigenvalue weighted by Gasteiger charge is 2.42. The molecule has 2 aromatic heterocycles. The lowest BCUT2D eigenvalue weighted by molar-refractivity contribution is -0.136. The molecule has 7 aliphatic rings. The van der Waals surface area contributed by atoms with E-state index in [1.165, 1.54) is 19.5 Å². The van der Waals surface area contributed by atoms with Crippen molar-refractivity contribution in [2.45, 2.75) is 82.2 Å². The van der Waals surface area contributed by atoms with E-state index in [-0.39, 0.29) is 36.1 Å². The van der Waals surface area contributed by atoms with Gasteiger partial charge in [-0.05, 0) is 99.1 Å². The van der Waals surface area contributed by atoms with Gasteiger partial charge in [-0.2, -0.15) is 5.10 Å². The summed E-state index contributed by atoms with van der Waals surface area (Å²) in [6.07, 6.45) is 10.8. The molecule has 9 heterocycles. The summed E-state index contributed by atoms with van der Waals surface area (Å²) >= 11 is 0. The summed E-state index contributed by atoms with van der Waals surface area (Å²) in [6.45, 7) is 8.58. The van der Waals surface area contributed by atoms with Crippen LogP contribution in [0.3, 0.4) is 0 Å². The molecule has 1 atom stereocenters. The molecule has 5 amide bonds. The minimum Gasteiger partial charge on any atom is -0.370 e. The van der Waals surface area contributed by atoms with Crippen molar-refractivity contribution in [2.75, 3.05) is 67.5 Å². The second-order valence-electron chi connectivity index (χ2n) is 17.5. The van der Waals surface area contributed by atoms with Crippen molar-refractivity contribution in [2.24, 2.45) is 0 Å². The van der Waals surface area contributed by atoms with E-state index in [0.29, 0.717) is 48.4 Å². The molecule has 1 unspecified atom stereocenters. The summed E-state index contributed by atoms with van der Waals surface area (Å²) in [5.41, 5.74) is 6.81. The number of imide groups is 1. The number of hydrogen-bond acceptors (Lipinski definition) is 11. The highest BCUT2D eigenvalue weighted by Crippen LogP contribution is 2.39. The second-order valence-corrected chi connectivity index (χ2v) is 17.5. The van der Waals surface area contributed by atoms with Gasteiger partial charge in [-0.25, -0.2) is 9.50 Å². The molecule has 0 spiro atoms. The molecule has 7 aliphatic heterocycles. The van der Waals surface area contributed by atoms with E-state index in [9.17, 15) is 24.0 Å². The van der Waals surface area contributed by atoms with Crippen LogP contribution in [-0.2, 0) is 22.7 Å². The standard InChI is InChI=1S/C44H49N11O5/c56-39-6-5-37(42(58)48-39)54-24-27-19-31(3-4-33(27)43(54)59)52-25-32(26-52)50-15-9-30(10-16-50)53-23-28-20-36(47-41(57)35-22-46-55-14-1-11-45-40(35)55)38(21-34(28)44(53)60)51-17-7-29(8-18-51)49-12-2-13-49/h1,3-4,11,14,19-22,29-30,32,37H,2,5-10,12-13,15-18,23-26H2,(H,47,57)(H,48,56,58). The van der Waals surface area contributed by atoms with E-state index in [1.807, 2.05) is 24.3 Å². The highest BCUT2D eigenvalue weighted by atomic mass is 16.2.